The summed E-state index contributed by atoms with van der Waals surface area (Å²) in [6, 6.07) is 7.06. The quantitative estimate of drug-likeness (QED) is 0.495. The molecule has 1 amide bonds. The summed E-state index contributed by atoms with van der Waals surface area (Å²) < 4.78 is 8.69. The van der Waals surface area contributed by atoms with E-state index in [2.05, 4.69) is 10.4 Å². The highest BCUT2D eigenvalue weighted by molar-refractivity contribution is 7.71. The van der Waals surface area contributed by atoms with Gasteiger partial charge in [-0.3, -0.25) is 9.59 Å². The van der Waals surface area contributed by atoms with E-state index in [1.165, 1.54) is 0 Å². The van der Waals surface area contributed by atoms with Gasteiger partial charge in [0, 0.05) is 7.05 Å². The average molecular weight is 413 g/mol. The molecule has 0 aliphatic heterocycles. The Kier molecular flexibility index (Phi) is 7.52. The summed E-state index contributed by atoms with van der Waals surface area (Å²) in [5.74, 6) is -0.00543. The molecule has 2 rings (SSSR count). The van der Waals surface area contributed by atoms with Gasteiger partial charge in [-0.25, -0.2) is 0 Å². The van der Waals surface area contributed by atoms with Crippen molar-refractivity contribution in [1.29, 1.82) is 0 Å². The van der Waals surface area contributed by atoms with Crippen LogP contribution in [0.3, 0.4) is 0 Å². The number of carbonyl (C=O) groups excluding carboxylic acids is 2. The Labute approximate surface area is 167 Å². The van der Waals surface area contributed by atoms with Crippen molar-refractivity contribution in [3.05, 3.63) is 39.9 Å². The lowest BCUT2D eigenvalue weighted by Gasteiger charge is -2.14. The minimum Gasteiger partial charge on any atom is -0.466 e. The molecule has 1 unspecified atom stereocenters. The van der Waals surface area contributed by atoms with Crippen LogP contribution in [0.4, 0.5) is 5.69 Å². The number of benzene rings is 1. The second-order valence-electron chi connectivity index (χ2n) is 6.06. The van der Waals surface area contributed by atoms with Crippen LogP contribution in [0.15, 0.2) is 24.3 Å². The Morgan fingerprint density at radius 2 is 2.07 bits per heavy atom. The molecular weight excluding hydrogens is 390 g/mol. The second-order valence-corrected chi connectivity index (χ2v) is 6.83. The molecule has 1 heterocycles. The van der Waals surface area contributed by atoms with Crippen molar-refractivity contribution in [3.8, 4) is 0 Å². The number of hydrogen-bond donors (Lipinski definition) is 2. The monoisotopic (exact) mass is 412 g/mol. The van der Waals surface area contributed by atoms with Crippen LogP contribution in [-0.4, -0.2) is 46.4 Å². The summed E-state index contributed by atoms with van der Waals surface area (Å²) in [6.07, 6.45) is 0.0486. The van der Waals surface area contributed by atoms with Gasteiger partial charge >= 0.3 is 5.97 Å². The molecule has 0 saturated heterocycles. The van der Waals surface area contributed by atoms with Crippen LogP contribution in [0.1, 0.15) is 12.7 Å². The highest BCUT2D eigenvalue weighted by atomic mass is 35.5. The predicted molar refractivity (Wildman–Crippen MR) is 104 cm³/mol. The molecule has 146 valence electrons. The highest BCUT2D eigenvalue weighted by Gasteiger charge is 2.17. The summed E-state index contributed by atoms with van der Waals surface area (Å²) in [6.45, 7) is 2.65. The molecule has 0 fully saturated rings. The molecule has 1 aromatic carbocycles. The Morgan fingerprint density at radius 3 is 2.74 bits per heavy atom. The molecular formula is C17H23ClN5O3S+. The fraction of sp³-hybridized carbons (Fsp3) is 0.412. The third kappa shape index (κ3) is 5.88. The predicted octanol–water partition coefficient (Wildman–Crippen LogP) is 0.821. The van der Waals surface area contributed by atoms with E-state index in [0.717, 1.165) is 4.90 Å². The lowest BCUT2D eigenvalue weighted by Crippen LogP contribution is -3.09. The summed E-state index contributed by atoms with van der Waals surface area (Å²) in [4.78, 5) is 24.8. The number of ether oxygens (including phenoxy) is 1. The third-order valence-electron chi connectivity index (χ3n) is 3.77. The molecule has 1 aromatic heterocycles. The van der Waals surface area contributed by atoms with Crippen molar-refractivity contribution in [1.82, 2.24) is 14.3 Å². The fourth-order valence-electron chi connectivity index (χ4n) is 2.47. The number of likely N-dealkylation sites (N-methyl/N-ethyl adjacent to an activating group) is 1. The maximum absolute atomic E-state index is 12.2. The average Bonchev–Trinajstić information content (AvgIpc) is 2.85. The zero-order valence-electron chi connectivity index (χ0n) is 15.5. The Morgan fingerprint density at radius 1 is 1.37 bits per heavy atom. The molecule has 2 N–H and O–H groups in total. The minimum atomic E-state index is -0.354. The smallest absolute Gasteiger partial charge is 0.313 e. The normalized spacial score (nSPS) is 11.9. The molecule has 0 aliphatic carbocycles. The highest BCUT2D eigenvalue weighted by Crippen LogP contribution is 2.19. The summed E-state index contributed by atoms with van der Waals surface area (Å²) in [5.41, 5.74) is 0.572. The van der Waals surface area contributed by atoms with Crippen LogP contribution in [0.2, 0.25) is 5.02 Å². The van der Waals surface area contributed by atoms with Crippen molar-refractivity contribution < 1.29 is 19.2 Å². The van der Waals surface area contributed by atoms with E-state index in [1.54, 1.807) is 47.5 Å². The first-order valence-corrected chi connectivity index (χ1v) is 9.24. The zero-order chi connectivity index (χ0) is 20.0. The molecule has 0 bridgehead atoms. The van der Waals surface area contributed by atoms with Gasteiger partial charge in [-0.1, -0.05) is 23.7 Å². The number of esters is 1. The number of carbonyl (C=O) groups is 2. The Bertz CT molecular complexity index is 880. The Hall–Kier alpha value is -2.23. The first kappa shape index (κ1) is 21.1. The molecule has 0 saturated carbocycles. The molecule has 27 heavy (non-hydrogen) atoms. The van der Waals surface area contributed by atoms with Crippen molar-refractivity contribution in [2.24, 2.45) is 7.05 Å². The molecule has 2 aromatic rings. The van der Waals surface area contributed by atoms with Crippen molar-refractivity contribution >= 4 is 41.4 Å². The number of para-hydroxylation sites is 1. The van der Waals surface area contributed by atoms with Crippen LogP contribution in [0.25, 0.3) is 0 Å². The number of halogens is 1. The van der Waals surface area contributed by atoms with Crippen LogP contribution in [0, 0.1) is 4.77 Å². The van der Waals surface area contributed by atoms with E-state index < -0.39 is 0 Å². The van der Waals surface area contributed by atoms with Crippen LogP contribution < -0.4 is 10.2 Å². The number of rotatable bonds is 8. The molecule has 8 nitrogen and oxygen atoms in total. The van der Waals surface area contributed by atoms with Crippen LogP contribution in [0.5, 0.6) is 0 Å². The van der Waals surface area contributed by atoms with E-state index in [1.807, 2.05) is 7.05 Å². The topological polar surface area (TPSA) is 82.6 Å². The van der Waals surface area contributed by atoms with Crippen molar-refractivity contribution in [2.75, 3.05) is 25.5 Å². The fourth-order valence-corrected chi connectivity index (χ4v) is 2.87. The summed E-state index contributed by atoms with van der Waals surface area (Å²) >= 11 is 11.4. The van der Waals surface area contributed by atoms with Crippen LogP contribution in [-0.2, 0) is 34.5 Å². The summed E-state index contributed by atoms with van der Waals surface area (Å²) in [5, 5.41) is 7.65. The second kappa shape index (κ2) is 9.63. The maximum atomic E-state index is 12.2. The number of aromatic nitrogens is 3. The SMILES string of the molecule is CCOC(=O)Cc1nn(C[NH+](C)CC(=O)Nc2ccccc2Cl)c(=S)n1C. The van der Waals surface area contributed by atoms with E-state index >= 15 is 0 Å². The first-order valence-electron chi connectivity index (χ1n) is 8.45. The van der Waals surface area contributed by atoms with Gasteiger partial charge in [0.15, 0.2) is 13.2 Å². The Balaban J connectivity index is 1.98. The largest absolute Gasteiger partial charge is 0.466 e. The number of anilines is 1. The molecule has 0 aliphatic rings. The van der Waals surface area contributed by atoms with Gasteiger partial charge in [0.25, 0.3) is 5.91 Å². The van der Waals surface area contributed by atoms with Crippen molar-refractivity contribution in [2.45, 2.75) is 20.0 Å². The van der Waals surface area contributed by atoms with Gasteiger partial charge < -0.3 is 19.5 Å². The number of amides is 1. The summed E-state index contributed by atoms with van der Waals surface area (Å²) in [7, 11) is 3.60. The molecule has 1 atom stereocenters. The standard InChI is InChI=1S/C17H22ClN5O3S/c1-4-26-16(25)9-14-20-23(17(27)22(14)3)11-21(2)10-15(24)19-13-8-6-5-7-12(13)18/h5-8H,4,9-11H2,1-3H3,(H,19,24)/p+1. The molecule has 10 heteroatoms. The van der Waals surface area contributed by atoms with Gasteiger partial charge in [0.05, 0.1) is 24.4 Å². The first-order chi connectivity index (χ1) is 12.8. The van der Waals surface area contributed by atoms with Crippen molar-refractivity contribution in [3.63, 3.8) is 0 Å². The van der Waals surface area contributed by atoms with Gasteiger partial charge in [0.2, 0.25) is 4.77 Å². The minimum absolute atomic E-state index is 0.0486. The van der Waals surface area contributed by atoms with E-state index in [0.29, 0.717) is 34.6 Å². The van der Waals surface area contributed by atoms with Crippen LogP contribution >= 0.6 is 23.8 Å². The molecule has 0 radical (unpaired) electrons. The number of hydrogen-bond acceptors (Lipinski definition) is 5. The van der Waals surface area contributed by atoms with Gasteiger partial charge in [-0.05, 0) is 31.3 Å². The zero-order valence-corrected chi connectivity index (χ0v) is 17.1. The number of nitrogens with zero attached hydrogens (tertiary/aromatic N) is 3. The lowest BCUT2D eigenvalue weighted by atomic mass is 10.3. The van der Waals surface area contributed by atoms with E-state index in [4.69, 9.17) is 28.6 Å². The maximum Gasteiger partial charge on any atom is 0.313 e. The van der Waals surface area contributed by atoms with Gasteiger partial charge in [-0.15, -0.1) is 0 Å². The van der Waals surface area contributed by atoms with E-state index in [9.17, 15) is 9.59 Å². The third-order valence-corrected chi connectivity index (χ3v) is 4.58. The number of nitrogens with one attached hydrogen (secondary N) is 2. The lowest BCUT2D eigenvalue weighted by molar-refractivity contribution is -0.895. The number of quaternary nitrogens is 1. The van der Waals surface area contributed by atoms with E-state index in [-0.39, 0.29) is 24.8 Å². The van der Waals surface area contributed by atoms with Gasteiger partial charge in [0.1, 0.15) is 12.2 Å². The molecule has 0 spiro atoms. The van der Waals surface area contributed by atoms with Gasteiger partial charge in [-0.2, -0.15) is 9.78 Å².